The molecular formula is C15H19N5OS. The number of hydrogen-bond donors (Lipinski definition) is 3. The van der Waals surface area contributed by atoms with Gasteiger partial charge < -0.3 is 10.3 Å². The van der Waals surface area contributed by atoms with Crippen LogP contribution in [0.3, 0.4) is 0 Å². The molecule has 0 radical (unpaired) electrons. The fourth-order valence-corrected chi connectivity index (χ4v) is 4.29. The molecule has 7 heteroatoms. The van der Waals surface area contributed by atoms with E-state index in [9.17, 15) is 4.79 Å². The van der Waals surface area contributed by atoms with Gasteiger partial charge in [0, 0.05) is 23.0 Å². The van der Waals surface area contributed by atoms with Gasteiger partial charge in [-0.3, -0.25) is 5.32 Å². The highest BCUT2D eigenvalue weighted by Crippen LogP contribution is 2.29. The first-order valence-electron chi connectivity index (χ1n) is 7.85. The van der Waals surface area contributed by atoms with Crippen molar-refractivity contribution in [3.63, 3.8) is 0 Å². The summed E-state index contributed by atoms with van der Waals surface area (Å²) < 4.78 is 0. The van der Waals surface area contributed by atoms with E-state index in [0.29, 0.717) is 0 Å². The van der Waals surface area contributed by atoms with Gasteiger partial charge in [-0.2, -0.15) is 0 Å². The first-order valence-corrected chi connectivity index (χ1v) is 8.67. The Morgan fingerprint density at radius 1 is 1.27 bits per heavy atom. The van der Waals surface area contributed by atoms with Crippen molar-refractivity contribution in [2.45, 2.75) is 51.0 Å². The fraction of sp³-hybridized carbons (Fsp3) is 0.533. The van der Waals surface area contributed by atoms with Crippen molar-refractivity contribution in [2.24, 2.45) is 0 Å². The Morgan fingerprint density at radius 2 is 2.18 bits per heavy atom. The zero-order valence-corrected chi connectivity index (χ0v) is 13.1. The Kier molecular flexibility index (Phi) is 3.57. The second kappa shape index (κ2) is 5.72. The van der Waals surface area contributed by atoms with Gasteiger partial charge in [0.1, 0.15) is 0 Å². The number of anilines is 1. The first-order chi connectivity index (χ1) is 10.8. The summed E-state index contributed by atoms with van der Waals surface area (Å²) in [6.45, 7) is 0. The summed E-state index contributed by atoms with van der Waals surface area (Å²) in [4.78, 5) is 25.5. The zero-order chi connectivity index (χ0) is 14.9. The molecule has 2 heterocycles. The number of amides is 2. The van der Waals surface area contributed by atoms with Crippen LogP contribution in [0, 0.1) is 0 Å². The molecule has 0 spiro atoms. The molecule has 2 aromatic heterocycles. The number of aromatic amines is 1. The van der Waals surface area contributed by atoms with Gasteiger partial charge in [-0.05, 0) is 38.5 Å². The maximum absolute atomic E-state index is 12.2. The quantitative estimate of drug-likeness (QED) is 0.795. The highest BCUT2D eigenvalue weighted by atomic mass is 32.1. The Bertz CT molecular complexity index is 668. The van der Waals surface area contributed by atoms with Crippen LogP contribution in [-0.4, -0.2) is 27.0 Å². The van der Waals surface area contributed by atoms with Crippen LogP contribution in [0.15, 0.2) is 6.33 Å². The molecule has 6 nitrogen and oxygen atoms in total. The second-order valence-electron chi connectivity index (χ2n) is 5.96. The highest BCUT2D eigenvalue weighted by molar-refractivity contribution is 7.15. The third kappa shape index (κ3) is 2.72. The van der Waals surface area contributed by atoms with Crippen molar-refractivity contribution >= 4 is 22.5 Å². The number of nitrogens with one attached hydrogen (secondary N) is 3. The molecular weight excluding hydrogens is 298 g/mol. The zero-order valence-electron chi connectivity index (χ0n) is 12.3. The number of carbonyl (C=O) groups excluding carboxylic acids is 1. The number of imidazole rings is 1. The molecule has 0 bridgehead atoms. The summed E-state index contributed by atoms with van der Waals surface area (Å²) in [6.07, 6.45) is 8.97. The van der Waals surface area contributed by atoms with E-state index in [1.165, 1.54) is 23.4 Å². The lowest BCUT2D eigenvalue weighted by molar-refractivity contribution is 0.247. The van der Waals surface area contributed by atoms with Crippen LogP contribution in [0.25, 0.3) is 0 Å². The van der Waals surface area contributed by atoms with Crippen LogP contribution < -0.4 is 10.6 Å². The molecule has 116 valence electrons. The Hall–Kier alpha value is -1.89. The number of rotatable bonds is 2. The number of nitrogens with zero attached hydrogens (tertiary/aromatic N) is 2. The summed E-state index contributed by atoms with van der Waals surface area (Å²) in [5, 5.41) is 6.67. The van der Waals surface area contributed by atoms with E-state index in [0.717, 1.165) is 48.6 Å². The molecule has 0 saturated carbocycles. The van der Waals surface area contributed by atoms with Crippen molar-refractivity contribution in [2.75, 3.05) is 5.32 Å². The van der Waals surface area contributed by atoms with Crippen LogP contribution in [0.1, 0.15) is 41.2 Å². The van der Waals surface area contributed by atoms with Crippen LogP contribution in [0.4, 0.5) is 9.93 Å². The van der Waals surface area contributed by atoms with Gasteiger partial charge in [0.15, 0.2) is 5.13 Å². The van der Waals surface area contributed by atoms with Gasteiger partial charge in [0.2, 0.25) is 0 Å². The summed E-state index contributed by atoms with van der Waals surface area (Å²) in [7, 11) is 0. The third-order valence-electron chi connectivity index (χ3n) is 4.39. The minimum absolute atomic E-state index is 0.154. The van der Waals surface area contributed by atoms with Crippen LogP contribution >= 0.6 is 11.3 Å². The van der Waals surface area contributed by atoms with Gasteiger partial charge in [-0.15, -0.1) is 11.3 Å². The maximum atomic E-state index is 12.2. The Labute approximate surface area is 132 Å². The molecule has 0 aliphatic heterocycles. The van der Waals surface area contributed by atoms with Crippen molar-refractivity contribution in [1.29, 1.82) is 0 Å². The highest BCUT2D eigenvalue weighted by Gasteiger charge is 2.22. The van der Waals surface area contributed by atoms with E-state index in [-0.39, 0.29) is 12.1 Å². The van der Waals surface area contributed by atoms with Crippen LogP contribution in [0.5, 0.6) is 0 Å². The van der Waals surface area contributed by atoms with E-state index in [2.05, 4.69) is 25.6 Å². The van der Waals surface area contributed by atoms with Crippen molar-refractivity contribution in [3.8, 4) is 0 Å². The lowest BCUT2D eigenvalue weighted by Gasteiger charge is -2.22. The molecule has 0 aromatic carbocycles. The molecule has 2 aromatic rings. The van der Waals surface area contributed by atoms with Gasteiger partial charge in [0.05, 0.1) is 17.7 Å². The van der Waals surface area contributed by atoms with Gasteiger partial charge in [-0.1, -0.05) is 0 Å². The van der Waals surface area contributed by atoms with Crippen molar-refractivity contribution < 1.29 is 4.79 Å². The lowest BCUT2D eigenvalue weighted by Crippen LogP contribution is -2.41. The Morgan fingerprint density at radius 3 is 3.09 bits per heavy atom. The van der Waals surface area contributed by atoms with Crippen LogP contribution in [0.2, 0.25) is 0 Å². The lowest BCUT2D eigenvalue weighted by atomic mass is 9.96. The van der Waals surface area contributed by atoms with E-state index < -0.39 is 0 Å². The van der Waals surface area contributed by atoms with Gasteiger partial charge in [-0.25, -0.2) is 14.8 Å². The number of aromatic nitrogens is 3. The predicted octanol–water partition coefficient (Wildman–Crippen LogP) is 2.42. The first kappa shape index (κ1) is 13.8. The summed E-state index contributed by atoms with van der Waals surface area (Å²) in [5.41, 5.74) is 3.44. The smallest absolute Gasteiger partial charge is 0.321 e. The summed E-state index contributed by atoms with van der Waals surface area (Å²) in [6, 6.07) is 0.00148. The van der Waals surface area contributed by atoms with Crippen molar-refractivity contribution in [3.05, 3.63) is 28.3 Å². The fourth-order valence-electron chi connectivity index (χ4n) is 3.25. The number of thiazole rings is 1. The molecule has 1 unspecified atom stereocenters. The van der Waals surface area contributed by atoms with Gasteiger partial charge in [0.25, 0.3) is 0 Å². The van der Waals surface area contributed by atoms with E-state index in [1.807, 2.05) is 0 Å². The maximum Gasteiger partial charge on any atom is 0.321 e. The average molecular weight is 317 g/mol. The molecule has 2 aliphatic rings. The minimum Gasteiger partial charge on any atom is -0.348 e. The number of aryl methyl sites for hydroxylation is 3. The number of H-pyrrole nitrogens is 1. The molecule has 4 rings (SSSR count). The van der Waals surface area contributed by atoms with E-state index >= 15 is 0 Å². The SMILES string of the molecule is O=C(Nc1nc2c(s1)CCCC2)NC1CCc2nc[nH]c2C1. The molecule has 0 fully saturated rings. The molecule has 2 amide bonds. The molecule has 0 saturated heterocycles. The molecule has 3 N–H and O–H groups in total. The number of urea groups is 1. The standard InChI is InChI=1S/C15H19N5OS/c21-14(18-9-5-6-10-12(7-9)17-8-16-10)20-15-19-11-3-1-2-4-13(11)22-15/h8-9H,1-7H2,(H,16,17)(H2,18,19,20,21). The summed E-state index contributed by atoms with van der Waals surface area (Å²) in [5.74, 6) is 0. The van der Waals surface area contributed by atoms with Crippen LogP contribution in [-0.2, 0) is 25.7 Å². The number of hydrogen-bond acceptors (Lipinski definition) is 4. The monoisotopic (exact) mass is 317 g/mol. The van der Waals surface area contributed by atoms with Crippen molar-refractivity contribution in [1.82, 2.24) is 20.3 Å². The molecule has 22 heavy (non-hydrogen) atoms. The molecule has 1 atom stereocenters. The van der Waals surface area contributed by atoms with Gasteiger partial charge >= 0.3 is 6.03 Å². The largest absolute Gasteiger partial charge is 0.348 e. The minimum atomic E-state index is -0.154. The summed E-state index contributed by atoms with van der Waals surface area (Å²) >= 11 is 1.62. The Balaban J connectivity index is 1.36. The predicted molar refractivity (Wildman–Crippen MR) is 85.3 cm³/mol. The number of fused-ring (bicyclic) bond motifs is 2. The normalized spacial score (nSPS) is 20.1. The topological polar surface area (TPSA) is 82.7 Å². The van der Waals surface area contributed by atoms with E-state index in [4.69, 9.17) is 0 Å². The van der Waals surface area contributed by atoms with E-state index in [1.54, 1.807) is 17.7 Å². The third-order valence-corrected chi connectivity index (χ3v) is 5.46. The average Bonchev–Trinajstić information content (AvgIpc) is 3.11. The number of carbonyl (C=O) groups is 1. The molecule has 2 aliphatic carbocycles. The second-order valence-corrected chi connectivity index (χ2v) is 7.05.